The van der Waals surface area contributed by atoms with Gasteiger partial charge in [-0.2, -0.15) is 0 Å². The topological polar surface area (TPSA) is 81.6 Å². The molecule has 0 aliphatic carbocycles. The lowest BCUT2D eigenvalue weighted by Gasteiger charge is -2.35. The zero-order chi connectivity index (χ0) is 13.0. The molecule has 1 aliphatic heterocycles. The van der Waals surface area contributed by atoms with Crippen molar-refractivity contribution in [1.29, 1.82) is 0 Å². The maximum atomic E-state index is 13.6. The number of methoxy groups -OCH3 is 1. The standard InChI is InChI=1S/C10H19ClFN3O2/c1-17-8-2-3-15(5-7(8)12)10(16)9(14)6(11)4-13/h6-9H,2-5,13-14H2,1H3/t6?,7-,8+,9?/m1/s1. The molecule has 4 atom stereocenters. The minimum Gasteiger partial charge on any atom is -0.378 e. The quantitative estimate of drug-likeness (QED) is 0.671. The third-order valence-corrected chi connectivity index (χ3v) is 3.45. The van der Waals surface area contributed by atoms with Gasteiger partial charge in [-0.05, 0) is 6.42 Å². The summed E-state index contributed by atoms with van der Waals surface area (Å²) in [6.07, 6.45) is -1.17. The van der Waals surface area contributed by atoms with E-state index >= 15 is 0 Å². The summed E-state index contributed by atoms with van der Waals surface area (Å²) in [5.74, 6) is -0.354. The maximum absolute atomic E-state index is 13.6. The first-order chi connectivity index (χ1) is 8.01. The van der Waals surface area contributed by atoms with Gasteiger partial charge in [-0.3, -0.25) is 4.79 Å². The van der Waals surface area contributed by atoms with Gasteiger partial charge in [-0.25, -0.2) is 4.39 Å². The lowest BCUT2D eigenvalue weighted by molar-refractivity contribution is -0.137. The van der Waals surface area contributed by atoms with Gasteiger partial charge in [-0.15, -0.1) is 11.6 Å². The Bertz CT molecular complexity index is 270. The maximum Gasteiger partial charge on any atom is 0.241 e. The number of carbonyl (C=O) groups excluding carboxylic acids is 1. The van der Waals surface area contributed by atoms with Crippen molar-refractivity contribution in [3.63, 3.8) is 0 Å². The minimum absolute atomic E-state index is 0.000773. The Hall–Kier alpha value is -0.430. The number of rotatable bonds is 4. The molecular formula is C10H19ClFN3O2. The highest BCUT2D eigenvalue weighted by molar-refractivity contribution is 6.22. The van der Waals surface area contributed by atoms with Gasteiger partial charge in [0.15, 0.2) is 0 Å². The van der Waals surface area contributed by atoms with Crippen LogP contribution < -0.4 is 11.5 Å². The number of carbonyl (C=O) groups is 1. The van der Waals surface area contributed by atoms with Crippen molar-refractivity contribution in [2.24, 2.45) is 11.5 Å². The van der Waals surface area contributed by atoms with E-state index in [0.29, 0.717) is 13.0 Å². The van der Waals surface area contributed by atoms with E-state index in [9.17, 15) is 9.18 Å². The van der Waals surface area contributed by atoms with Crippen LogP contribution in [0.4, 0.5) is 4.39 Å². The normalized spacial score (nSPS) is 28.9. The van der Waals surface area contributed by atoms with E-state index in [-0.39, 0.29) is 19.0 Å². The molecule has 1 amide bonds. The zero-order valence-electron chi connectivity index (χ0n) is 9.81. The molecule has 1 aliphatic rings. The Morgan fingerprint density at radius 1 is 1.71 bits per heavy atom. The van der Waals surface area contributed by atoms with Crippen molar-refractivity contribution in [2.45, 2.75) is 30.1 Å². The van der Waals surface area contributed by atoms with Crippen LogP contribution in [0.3, 0.4) is 0 Å². The number of ether oxygens (including phenoxy) is 1. The summed E-state index contributed by atoms with van der Waals surface area (Å²) >= 11 is 5.81. The van der Waals surface area contributed by atoms with Crippen molar-refractivity contribution in [3.8, 4) is 0 Å². The second-order valence-corrected chi connectivity index (χ2v) is 4.70. The Morgan fingerprint density at radius 3 is 2.82 bits per heavy atom. The van der Waals surface area contributed by atoms with Crippen molar-refractivity contribution >= 4 is 17.5 Å². The van der Waals surface area contributed by atoms with Crippen LogP contribution in [-0.2, 0) is 9.53 Å². The minimum atomic E-state index is -1.18. The van der Waals surface area contributed by atoms with E-state index in [2.05, 4.69) is 0 Å². The van der Waals surface area contributed by atoms with E-state index in [1.807, 2.05) is 0 Å². The molecule has 7 heteroatoms. The van der Waals surface area contributed by atoms with Gasteiger partial charge in [0.1, 0.15) is 12.2 Å². The van der Waals surface area contributed by atoms with E-state index in [0.717, 1.165) is 0 Å². The van der Waals surface area contributed by atoms with Crippen LogP contribution in [0.15, 0.2) is 0 Å². The number of amides is 1. The van der Waals surface area contributed by atoms with Crippen molar-refractivity contribution in [1.82, 2.24) is 4.90 Å². The molecule has 0 bridgehead atoms. The van der Waals surface area contributed by atoms with E-state index in [1.54, 1.807) is 0 Å². The highest BCUT2D eigenvalue weighted by Crippen LogP contribution is 2.18. The molecule has 0 aromatic rings. The summed E-state index contributed by atoms with van der Waals surface area (Å²) in [4.78, 5) is 13.3. The monoisotopic (exact) mass is 267 g/mol. The number of alkyl halides is 2. The molecule has 1 fully saturated rings. The molecule has 2 unspecified atom stereocenters. The van der Waals surface area contributed by atoms with E-state index in [4.69, 9.17) is 27.8 Å². The fourth-order valence-electron chi connectivity index (χ4n) is 1.86. The molecule has 17 heavy (non-hydrogen) atoms. The molecule has 0 saturated carbocycles. The van der Waals surface area contributed by atoms with Crippen LogP contribution in [0.25, 0.3) is 0 Å². The summed E-state index contributed by atoms with van der Waals surface area (Å²) in [5, 5.41) is -0.624. The Morgan fingerprint density at radius 2 is 2.35 bits per heavy atom. The molecule has 1 saturated heterocycles. The summed E-state index contributed by atoms with van der Waals surface area (Å²) < 4.78 is 18.6. The largest absolute Gasteiger partial charge is 0.378 e. The molecule has 1 rings (SSSR count). The van der Waals surface area contributed by atoms with E-state index in [1.165, 1.54) is 12.0 Å². The molecule has 0 radical (unpaired) electrons. The second-order valence-electron chi connectivity index (χ2n) is 4.14. The second kappa shape index (κ2) is 6.49. The van der Waals surface area contributed by atoms with Gasteiger partial charge in [0.05, 0.1) is 18.0 Å². The number of halogens is 2. The van der Waals surface area contributed by atoms with Crippen molar-refractivity contribution in [3.05, 3.63) is 0 Å². The van der Waals surface area contributed by atoms with E-state index < -0.39 is 23.7 Å². The highest BCUT2D eigenvalue weighted by atomic mass is 35.5. The smallest absolute Gasteiger partial charge is 0.241 e. The number of piperidine rings is 1. The predicted octanol–water partition coefficient (Wildman–Crippen LogP) is -0.535. The van der Waals surface area contributed by atoms with Gasteiger partial charge in [0.2, 0.25) is 5.91 Å². The Balaban J connectivity index is 2.54. The average molecular weight is 268 g/mol. The fourth-order valence-corrected chi connectivity index (χ4v) is 1.97. The van der Waals surface area contributed by atoms with Gasteiger partial charge in [-0.1, -0.05) is 0 Å². The summed E-state index contributed by atoms with van der Waals surface area (Å²) in [5.41, 5.74) is 11.0. The van der Waals surface area contributed by atoms with Crippen LogP contribution in [-0.4, -0.2) is 61.2 Å². The molecule has 0 spiro atoms. The predicted molar refractivity (Wildman–Crippen MR) is 63.6 cm³/mol. The number of hydrogen-bond donors (Lipinski definition) is 2. The Kier molecular flexibility index (Phi) is 5.58. The van der Waals surface area contributed by atoms with Crippen LogP contribution in [0.5, 0.6) is 0 Å². The van der Waals surface area contributed by atoms with Gasteiger partial charge < -0.3 is 21.1 Å². The number of nitrogens with zero attached hydrogens (tertiary/aromatic N) is 1. The SMILES string of the molecule is CO[C@H]1CCN(C(=O)C(N)C(Cl)CN)C[C@H]1F. The van der Waals surface area contributed by atoms with Gasteiger partial charge in [0, 0.05) is 20.2 Å². The molecule has 4 N–H and O–H groups in total. The molecule has 1 heterocycles. The first-order valence-electron chi connectivity index (χ1n) is 5.56. The molecule has 100 valence electrons. The fraction of sp³-hybridized carbons (Fsp3) is 0.900. The first-order valence-corrected chi connectivity index (χ1v) is 6.00. The highest BCUT2D eigenvalue weighted by Gasteiger charge is 2.34. The average Bonchev–Trinajstić information content (AvgIpc) is 2.35. The summed E-state index contributed by atoms with van der Waals surface area (Å²) in [6.45, 7) is 0.543. The first kappa shape index (κ1) is 14.6. The lowest BCUT2D eigenvalue weighted by atomic mass is 10.0. The molecule has 5 nitrogen and oxygen atoms in total. The molecular weight excluding hydrogens is 249 g/mol. The molecule has 0 aromatic heterocycles. The zero-order valence-corrected chi connectivity index (χ0v) is 10.6. The van der Waals surface area contributed by atoms with Crippen LogP contribution in [0, 0.1) is 0 Å². The van der Waals surface area contributed by atoms with Gasteiger partial charge >= 0.3 is 0 Å². The van der Waals surface area contributed by atoms with Crippen LogP contribution in [0.2, 0.25) is 0 Å². The van der Waals surface area contributed by atoms with Crippen molar-refractivity contribution in [2.75, 3.05) is 26.7 Å². The number of hydrogen-bond acceptors (Lipinski definition) is 4. The lowest BCUT2D eigenvalue weighted by Crippen LogP contribution is -2.55. The summed E-state index contributed by atoms with van der Waals surface area (Å²) in [7, 11) is 1.46. The van der Waals surface area contributed by atoms with Crippen LogP contribution >= 0.6 is 11.6 Å². The number of nitrogens with two attached hydrogens (primary N) is 2. The van der Waals surface area contributed by atoms with Crippen LogP contribution in [0.1, 0.15) is 6.42 Å². The van der Waals surface area contributed by atoms with Crippen molar-refractivity contribution < 1.29 is 13.9 Å². The molecule has 0 aromatic carbocycles. The van der Waals surface area contributed by atoms with Gasteiger partial charge in [0.25, 0.3) is 0 Å². The Labute approximate surface area is 105 Å². The third kappa shape index (κ3) is 3.51. The third-order valence-electron chi connectivity index (χ3n) is 3.00. The number of likely N-dealkylation sites (tertiary alicyclic amines) is 1. The summed E-state index contributed by atoms with van der Waals surface area (Å²) in [6, 6.07) is -0.882.